The number of hydrogen-bond donors (Lipinski definition) is 2. The molecule has 4 nitrogen and oxygen atoms in total. The lowest BCUT2D eigenvalue weighted by molar-refractivity contribution is -0.131. The first-order valence-corrected chi connectivity index (χ1v) is 8.92. The number of nitrogens with one attached hydrogen (secondary N) is 2. The number of carbonyl (C=O) groups is 2. The summed E-state index contributed by atoms with van der Waals surface area (Å²) < 4.78 is 0. The van der Waals surface area contributed by atoms with E-state index in [1.54, 1.807) is 12.1 Å². The zero-order valence-electron chi connectivity index (χ0n) is 15.0. The first kappa shape index (κ1) is 18.4. The van der Waals surface area contributed by atoms with Gasteiger partial charge in [0.05, 0.1) is 0 Å². The molecule has 0 aliphatic heterocycles. The van der Waals surface area contributed by atoms with Crippen LogP contribution in [-0.2, 0) is 22.7 Å². The Morgan fingerprint density at radius 2 is 0.963 bits per heavy atom. The minimum atomic E-state index is -0.890. The van der Waals surface area contributed by atoms with Gasteiger partial charge in [-0.05, 0) is 16.7 Å². The van der Waals surface area contributed by atoms with Gasteiger partial charge in [-0.2, -0.15) is 0 Å². The highest BCUT2D eigenvalue weighted by Crippen LogP contribution is 2.17. The number of hydrogen-bond acceptors (Lipinski definition) is 2. The third kappa shape index (κ3) is 5.28. The molecule has 3 aromatic rings. The summed E-state index contributed by atoms with van der Waals surface area (Å²) in [6, 6.07) is 28.4. The summed E-state index contributed by atoms with van der Waals surface area (Å²) in [4.78, 5) is 25.6. The molecule has 3 rings (SSSR count). The van der Waals surface area contributed by atoms with E-state index in [1.807, 2.05) is 78.9 Å². The van der Waals surface area contributed by atoms with E-state index in [0.29, 0.717) is 18.7 Å². The molecular formula is C23H22N2O2. The minimum absolute atomic E-state index is 0.310. The molecule has 0 bridgehead atoms. The molecule has 0 radical (unpaired) electrons. The summed E-state index contributed by atoms with van der Waals surface area (Å²) in [7, 11) is 0. The van der Waals surface area contributed by atoms with Crippen molar-refractivity contribution >= 4 is 11.8 Å². The van der Waals surface area contributed by atoms with Crippen LogP contribution in [0.15, 0.2) is 91.0 Å². The topological polar surface area (TPSA) is 58.2 Å². The first-order valence-electron chi connectivity index (χ1n) is 8.92. The molecule has 0 unspecified atom stereocenters. The molecule has 3 aromatic carbocycles. The van der Waals surface area contributed by atoms with Crippen molar-refractivity contribution in [3.8, 4) is 0 Å². The molecule has 0 saturated carbocycles. The highest BCUT2D eigenvalue weighted by molar-refractivity contribution is 6.05. The van der Waals surface area contributed by atoms with Gasteiger partial charge in [0.1, 0.15) is 5.92 Å². The van der Waals surface area contributed by atoms with E-state index in [1.165, 1.54) is 0 Å². The molecule has 27 heavy (non-hydrogen) atoms. The number of rotatable bonds is 7. The Kier molecular flexibility index (Phi) is 6.36. The van der Waals surface area contributed by atoms with E-state index in [2.05, 4.69) is 10.6 Å². The van der Waals surface area contributed by atoms with Gasteiger partial charge in [-0.25, -0.2) is 0 Å². The second kappa shape index (κ2) is 9.34. The third-order valence-electron chi connectivity index (χ3n) is 4.28. The van der Waals surface area contributed by atoms with Crippen molar-refractivity contribution < 1.29 is 9.59 Å². The first-order chi connectivity index (χ1) is 13.2. The molecule has 0 aromatic heterocycles. The van der Waals surface area contributed by atoms with Crippen molar-refractivity contribution in [2.75, 3.05) is 0 Å². The molecule has 2 amide bonds. The van der Waals surface area contributed by atoms with Crippen LogP contribution in [0.3, 0.4) is 0 Å². The lowest BCUT2D eigenvalue weighted by Crippen LogP contribution is -2.39. The quantitative estimate of drug-likeness (QED) is 0.636. The van der Waals surface area contributed by atoms with Gasteiger partial charge < -0.3 is 10.6 Å². The molecule has 0 fully saturated rings. The van der Waals surface area contributed by atoms with Gasteiger partial charge in [-0.15, -0.1) is 0 Å². The number of benzene rings is 3. The number of carbonyl (C=O) groups excluding carboxylic acids is 2. The summed E-state index contributed by atoms with van der Waals surface area (Å²) in [6.07, 6.45) is 0. The molecule has 0 aliphatic rings. The van der Waals surface area contributed by atoms with Crippen LogP contribution in [0.4, 0.5) is 0 Å². The van der Waals surface area contributed by atoms with E-state index < -0.39 is 5.92 Å². The Balaban J connectivity index is 1.70. The zero-order chi connectivity index (χ0) is 18.9. The van der Waals surface area contributed by atoms with Crippen LogP contribution in [0.5, 0.6) is 0 Å². The molecule has 136 valence electrons. The lowest BCUT2D eigenvalue weighted by Gasteiger charge is -2.17. The van der Waals surface area contributed by atoms with E-state index in [0.717, 1.165) is 11.1 Å². The fraction of sp³-hybridized carbons (Fsp3) is 0.130. The number of amides is 2. The smallest absolute Gasteiger partial charge is 0.237 e. The van der Waals surface area contributed by atoms with Gasteiger partial charge in [-0.3, -0.25) is 9.59 Å². The van der Waals surface area contributed by atoms with E-state index in [4.69, 9.17) is 0 Å². The molecule has 0 spiro atoms. The standard InChI is InChI=1S/C23H22N2O2/c26-22(24-16-18-10-4-1-5-11-18)21(20-14-8-3-9-15-20)23(27)25-17-19-12-6-2-7-13-19/h1-15,21H,16-17H2,(H,24,26)(H,25,27). The predicted molar refractivity (Wildman–Crippen MR) is 106 cm³/mol. The Labute approximate surface area is 159 Å². The Hall–Kier alpha value is -3.40. The van der Waals surface area contributed by atoms with E-state index >= 15 is 0 Å². The van der Waals surface area contributed by atoms with Crippen molar-refractivity contribution in [3.05, 3.63) is 108 Å². The Morgan fingerprint density at radius 3 is 1.37 bits per heavy atom. The van der Waals surface area contributed by atoms with Crippen LogP contribution in [-0.4, -0.2) is 11.8 Å². The van der Waals surface area contributed by atoms with Crippen molar-refractivity contribution in [1.82, 2.24) is 10.6 Å². The summed E-state index contributed by atoms with van der Waals surface area (Å²) >= 11 is 0. The summed E-state index contributed by atoms with van der Waals surface area (Å²) in [5, 5.41) is 5.75. The second-order valence-corrected chi connectivity index (χ2v) is 6.25. The summed E-state index contributed by atoms with van der Waals surface area (Å²) in [5.74, 6) is -1.51. The predicted octanol–water partition coefficient (Wildman–Crippen LogP) is 3.40. The summed E-state index contributed by atoms with van der Waals surface area (Å²) in [5.41, 5.74) is 2.65. The third-order valence-corrected chi connectivity index (χ3v) is 4.28. The second-order valence-electron chi connectivity index (χ2n) is 6.25. The van der Waals surface area contributed by atoms with Crippen LogP contribution >= 0.6 is 0 Å². The normalized spacial score (nSPS) is 10.4. The van der Waals surface area contributed by atoms with E-state index in [9.17, 15) is 9.59 Å². The molecule has 0 aliphatic carbocycles. The van der Waals surface area contributed by atoms with Crippen molar-refractivity contribution in [1.29, 1.82) is 0 Å². The largest absolute Gasteiger partial charge is 0.351 e. The van der Waals surface area contributed by atoms with Gasteiger partial charge >= 0.3 is 0 Å². The maximum Gasteiger partial charge on any atom is 0.237 e. The fourth-order valence-corrected chi connectivity index (χ4v) is 2.84. The van der Waals surface area contributed by atoms with Crippen LogP contribution in [0.25, 0.3) is 0 Å². The van der Waals surface area contributed by atoms with Crippen LogP contribution < -0.4 is 10.6 Å². The van der Waals surface area contributed by atoms with Crippen LogP contribution in [0.2, 0.25) is 0 Å². The van der Waals surface area contributed by atoms with Crippen molar-refractivity contribution in [2.45, 2.75) is 19.0 Å². The highest BCUT2D eigenvalue weighted by atomic mass is 16.2. The lowest BCUT2D eigenvalue weighted by atomic mass is 9.97. The van der Waals surface area contributed by atoms with Crippen molar-refractivity contribution in [2.24, 2.45) is 0 Å². The van der Waals surface area contributed by atoms with E-state index in [-0.39, 0.29) is 11.8 Å². The zero-order valence-corrected chi connectivity index (χ0v) is 15.0. The fourth-order valence-electron chi connectivity index (χ4n) is 2.84. The molecule has 0 heterocycles. The maximum absolute atomic E-state index is 12.8. The Morgan fingerprint density at radius 1 is 0.593 bits per heavy atom. The van der Waals surface area contributed by atoms with Gasteiger partial charge in [0.2, 0.25) is 11.8 Å². The minimum Gasteiger partial charge on any atom is -0.351 e. The van der Waals surface area contributed by atoms with Crippen molar-refractivity contribution in [3.63, 3.8) is 0 Å². The molecule has 4 heteroatoms. The average molecular weight is 358 g/mol. The van der Waals surface area contributed by atoms with Crippen LogP contribution in [0.1, 0.15) is 22.6 Å². The molecular weight excluding hydrogens is 336 g/mol. The maximum atomic E-state index is 12.8. The SMILES string of the molecule is O=C(NCc1ccccc1)C(C(=O)NCc1ccccc1)c1ccccc1. The molecule has 0 saturated heterocycles. The highest BCUT2D eigenvalue weighted by Gasteiger charge is 2.28. The van der Waals surface area contributed by atoms with Gasteiger partial charge in [-0.1, -0.05) is 91.0 Å². The summed E-state index contributed by atoms with van der Waals surface area (Å²) in [6.45, 7) is 0.768. The monoisotopic (exact) mass is 358 g/mol. The van der Waals surface area contributed by atoms with Gasteiger partial charge in [0, 0.05) is 13.1 Å². The van der Waals surface area contributed by atoms with Crippen LogP contribution in [0, 0.1) is 0 Å². The average Bonchev–Trinajstić information content (AvgIpc) is 2.73. The molecule has 2 N–H and O–H groups in total. The molecule has 0 atom stereocenters. The van der Waals surface area contributed by atoms with Gasteiger partial charge in [0.25, 0.3) is 0 Å². The van der Waals surface area contributed by atoms with Gasteiger partial charge in [0.15, 0.2) is 0 Å². The Bertz CT molecular complexity index is 809.